The van der Waals surface area contributed by atoms with Crippen molar-refractivity contribution in [3.05, 3.63) is 41.2 Å². The average molecular weight is 365 g/mol. The van der Waals surface area contributed by atoms with Crippen LogP contribution in [0.15, 0.2) is 24.4 Å². The van der Waals surface area contributed by atoms with Crippen molar-refractivity contribution in [2.45, 2.75) is 73.4 Å². The van der Waals surface area contributed by atoms with Crippen LogP contribution in [0.4, 0.5) is 5.82 Å². The molecule has 3 aromatic heterocycles. The first kappa shape index (κ1) is 19.4. The van der Waals surface area contributed by atoms with E-state index in [1.165, 1.54) is 16.6 Å². The van der Waals surface area contributed by atoms with Crippen molar-refractivity contribution in [3.8, 4) is 11.3 Å². The topological polar surface area (TPSA) is 42.7 Å². The summed E-state index contributed by atoms with van der Waals surface area (Å²) >= 11 is 0. The molecule has 0 amide bonds. The predicted octanol–water partition coefficient (Wildman–Crippen LogP) is 6.24. The molecule has 0 aliphatic carbocycles. The van der Waals surface area contributed by atoms with E-state index in [0.29, 0.717) is 18.0 Å². The maximum absolute atomic E-state index is 5.09. The Morgan fingerprint density at radius 2 is 1.63 bits per heavy atom. The van der Waals surface area contributed by atoms with Crippen LogP contribution >= 0.6 is 0 Å². The summed E-state index contributed by atoms with van der Waals surface area (Å²) in [5.41, 5.74) is 7.85. The molecule has 144 valence electrons. The van der Waals surface area contributed by atoms with Gasteiger partial charge in [0.1, 0.15) is 5.82 Å². The van der Waals surface area contributed by atoms with Gasteiger partial charge in [-0.3, -0.25) is 0 Å². The largest absolute Gasteiger partial charge is 0.367 e. The summed E-state index contributed by atoms with van der Waals surface area (Å²) in [4.78, 5) is 10.00. The van der Waals surface area contributed by atoms with E-state index >= 15 is 0 Å². The zero-order valence-electron chi connectivity index (χ0n) is 17.9. The fourth-order valence-electron chi connectivity index (χ4n) is 3.50. The van der Waals surface area contributed by atoms with Crippen molar-refractivity contribution in [1.29, 1.82) is 0 Å². The molecule has 0 spiro atoms. The quantitative estimate of drug-likeness (QED) is 0.582. The Labute approximate surface area is 163 Å². The SMILES string of the molecule is Cc1cc2c(nc1-c1ccc(C(C)C)nc1NC(C)C)c(C)cn2C(C)C. The molecule has 0 saturated carbocycles. The Morgan fingerprint density at radius 3 is 2.22 bits per heavy atom. The van der Waals surface area contributed by atoms with E-state index in [9.17, 15) is 0 Å². The van der Waals surface area contributed by atoms with Crippen LogP contribution < -0.4 is 5.32 Å². The third-order valence-electron chi connectivity index (χ3n) is 4.92. The van der Waals surface area contributed by atoms with Gasteiger partial charge in [-0.15, -0.1) is 0 Å². The lowest BCUT2D eigenvalue weighted by molar-refractivity contribution is 0.621. The predicted molar refractivity (Wildman–Crippen MR) is 116 cm³/mol. The molecule has 0 aliphatic heterocycles. The Kier molecular flexibility index (Phi) is 5.27. The summed E-state index contributed by atoms with van der Waals surface area (Å²) in [7, 11) is 0. The fourth-order valence-corrected chi connectivity index (χ4v) is 3.50. The van der Waals surface area contributed by atoms with E-state index in [0.717, 1.165) is 28.3 Å². The maximum atomic E-state index is 5.09. The van der Waals surface area contributed by atoms with E-state index in [-0.39, 0.29) is 0 Å². The van der Waals surface area contributed by atoms with Crippen molar-refractivity contribution in [2.75, 3.05) is 5.32 Å². The normalized spacial score (nSPS) is 12.0. The first-order valence-corrected chi connectivity index (χ1v) is 9.95. The smallest absolute Gasteiger partial charge is 0.135 e. The van der Waals surface area contributed by atoms with Crippen LogP contribution in [0.1, 0.15) is 70.3 Å². The van der Waals surface area contributed by atoms with Crippen molar-refractivity contribution < 1.29 is 0 Å². The summed E-state index contributed by atoms with van der Waals surface area (Å²) < 4.78 is 2.31. The second-order valence-electron chi connectivity index (χ2n) is 8.42. The number of anilines is 1. The molecule has 0 unspecified atom stereocenters. The minimum Gasteiger partial charge on any atom is -0.367 e. The summed E-state index contributed by atoms with van der Waals surface area (Å²) in [6.07, 6.45) is 2.21. The molecule has 0 bridgehead atoms. The first-order chi connectivity index (χ1) is 12.7. The molecular formula is C23H32N4. The highest BCUT2D eigenvalue weighted by Crippen LogP contribution is 2.33. The Balaban J connectivity index is 2.22. The number of nitrogens with one attached hydrogen (secondary N) is 1. The van der Waals surface area contributed by atoms with Gasteiger partial charge in [0, 0.05) is 29.5 Å². The van der Waals surface area contributed by atoms with E-state index in [1.54, 1.807) is 0 Å². The van der Waals surface area contributed by atoms with Crippen LogP contribution in [0.3, 0.4) is 0 Å². The third kappa shape index (κ3) is 3.71. The summed E-state index contributed by atoms with van der Waals surface area (Å²) in [5, 5.41) is 3.52. The number of fused-ring (bicyclic) bond motifs is 1. The number of rotatable bonds is 5. The summed E-state index contributed by atoms with van der Waals surface area (Å²) in [5.74, 6) is 1.32. The lowest BCUT2D eigenvalue weighted by atomic mass is 10.0. The molecule has 3 aromatic rings. The average Bonchev–Trinajstić information content (AvgIpc) is 2.90. The van der Waals surface area contributed by atoms with Crippen molar-refractivity contribution >= 4 is 16.9 Å². The van der Waals surface area contributed by atoms with Crippen LogP contribution in [0.25, 0.3) is 22.3 Å². The molecular weight excluding hydrogens is 332 g/mol. The molecule has 4 nitrogen and oxygen atoms in total. The van der Waals surface area contributed by atoms with Crippen LogP contribution in [0.2, 0.25) is 0 Å². The summed E-state index contributed by atoms with van der Waals surface area (Å²) in [6, 6.07) is 7.29. The van der Waals surface area contributed by atoms with Gasteiger partial charge in [0.25, 0.3) is 0 Å². The third-order valence-corrected chi connectivity index (χ3v) is 4.92. The maximum Gasteiger partial charge on any atom is 0.135 e. The number of nitrogens with zero attached hydrogens (tertiary/aromatic N) is 3. The van der Waals surface area contributed by atoms with Crippen molar-refractivity contribution in [2.24, 2.45) is 0 Å². The van der Waals surface area contributed by atoms with Gasteiger partial charge in [-0.25, -0.2) is 9.97 Å². The second-order valence-corrected chi connectivity index (χ2v) is 8.42. The minimum absolute atomic E-state index is 0.312. The number of pyridine rings is 2. The number of aryl methyl sites for hydroxylation is 2. The summed E-state index contributed by atoms with van der Waals surface area (Å²) in [6.45, 7) is 17.3. The van der Waals surface area contributed by atoms with Gasteiger partial charge in [0.2, 0.25) is 0 Å². The molecule has 0 atom stereocenters. The molecule has 0 radical (unpaired) electrons. The van der Waals surface area contributed by atoms with Crippen LogP contribution in [0, 0.1) is 13.8 Å². The molecule has 27 heavy (non-hydrogen) atoms. The number of hydrogen-bond acceptors (Lipinski definition) is 3. The molecule has 0 fully saturated rings. The molecule has 0 aromatic carbocycles. The molecule has 3 heterocycles. The lowest BCUT2D eigenvalue weighted by Crippen LogP contribution is -2.13. The van der Waals surface area contributed by atoms with Crippen LogP contribution in [-0.4, -0.2) is 20.6 Å². The van der Waals surface area contributed by atoms with Gasteiger partial charge >= 0.3 is 0 Å². The zero-order chi connectivity index (χ0) is 19.9. The Morgan fingerprint density at radius 1 is 0.926 bits per heavy atom. The molecule has 1 N–H and O–H groups in total. The highest BCUT2D eigenvalue weighted by molar-refractivity contribution is 5.86. The van der Waals surface area contributed by atoms with Gasteiger partial charge in [-0.1, -0.05) is 13.8 Å². The standard InChI is InChI=1S/C23H32N4/c1-13(2)19-10-9-18(23(25-19)24-14(3)4)21-16(7)11-20-22(26-21)17(8)12-27(20)15(5)6/h9-15H,1-8H3,(H,24,25). The van der Waals surface area contributed by atoms with Gasteiger partial charge in [-0.05, 0) is 76.8 Å². The first-order valence-electron chi connectivity index (χ1n) is 9.95. The second kappa shape index (κ2) is 7.34. The van der Waals surface area contributed by atoms with E-state index in [1.807, 2.05) is 0 Å². The highest BCUT2D eigenvalue weighted by Gasteiger charge is 2.17. The van der Waals surface area contributed by atoms with Crippen molar-refractivity contribution in [3.63, 3.8) is 0 Å². The number of aromatic nitrogens is 3. The van der Waals surface area contributed by atoms with E-state index < -0.39 is 0 Å². The number of hydrogen-bond donors (Lipinski definition) is 1. The minimum atomic E-state index is 0.312. The van der Waals surface area contributed by atoms with Crippen molar-refractivity contribution in [1.82, 2.24) is 14.5 Å². The Hall–Kier alpha value is -2.36. The van der Waals surface area contributed by atoms with Gasteiger partial charge in [-0.2, -0.15) is 0 Å². The van der Waals surface area contributed by atoms with Crippen LogP contribution in [0.5, 0.6) is 0 Å². The molecule has 3 rings (SSSR count). The Bertz CT molecular complexity index is 964. The van der Waals surface area contributed by atoms with Gasteiger partial charge in [0.15, 0.2) is 0 Å². The molecule has 0 saturated heterocycles. The van der Waals surface area contributed by atoms with E-state index in [4.69, 9.17) is 9.97 Å². The van der Waals surface area contributed by atoms with E-state index in [2.05, 4.69) is 89.7 Å². The van der Waals surface area contributed by atoms with Gasteiger partial charge < -0.3 is 9.88 Å². The van der Waals surface area contributed by atoms with Crippen LogP contribution in [-0.2, 0) is 0 Å². The zero-order valence-corrected chi connectivity index (χ0v) is 17.9. The molecule has 0 aliphatic rings. The highest BCUT2D eigenvalue weighted by atomic mass is 15.0. The fraction of sp³-hybridized carbons (Fsp3) is 0.478. The lowest BCUT2D eigenvalue weighted by Gasteiger charge is -2.18. The van der Waals surface area contributed by atoms with Gasteiger partial charge in [0.05, 0.1) is 16.7 Å². The molecule has 4 heteroatoms. The monoisotopic (exact) mass is 364 g/mol.